The molecule has 27 heavy (non-hydrogen) atoms. The second-order valence-corrected chi connectivity index (χ2v) is 6.05. The van der Waals surface area contributed by atoms with Crippen LogP contribution in [0.3, 0.4) is 0 Å². The Morgan fingerprint density at radius 3 is 2.67 bits per heavy atom. The minimum absolute atomic E-state index is 0.189. The summed E-state index contributed by atoms with van der Waals surface area (Å²) in [6.45, 7) is 2.12. The van der Waals surface area contributed by atoms with E-state index in [1.807, 2.05) is 36.4 Å². The first-order chi connectivity index (χ1) is 13.1. The molecule has 140 valence electrons. The summed E-state index contributed by atoms with van der Waals surface area (Å²) in [7, 11) is 1.58. The van der Waals surface area contributed by atoms with Gasteiger partial charge in [0.1, 0.15) is 12.6 Å². The highest BCUT2D eigenvalue weighted by molar-refractivity contribution is 5.91. The van der Waals surface area contributed by atoms with Gasteiger partial charge in [0, 0.05) is 13.2 Å². The largest absolute Gasteiger partial charge is 0.502 e. The van der Waals surface area contributed by atoms with Crippen molar-refractivity contribution in [2.45, 2.75) is 20.1 Å². The molecule has 1 heterocycles. The van der Waals surface area contributed by atoms with E-state index in [4.69, 9.17) is 9.47 Å². The molecule has 6 heteroatoms. The zero-order chi connectivity index (χ0) is 19.2. The maximum Gasteiger partial charge on any atom is 0.373 e. The molecule has 0 spiro atoms. The van der Waals surface area contributed by atoms with E-state index in [0.717, 1.165) is 23.0 Å². The summed E-state index contributed by atoms with van der Waals surface area (Å²) in [4.78, 5) is 16.2. The summed E-state index contributed by atoms with van der Waals surface area (Å²) < 4.78 is 11.8. The Kier molecular flexibility index (Phi) is 5.88. The molecular weight excluding hydrogens is 344 g/mol. The normalized spacial score (nSPS) is 11.7. The van der Waals surface area contributed by atoms with E-state index < -0.39 is 11.7 Å². The van der Waals surface area contributed by atoms with E-state index in [1.54, 1.807) is 18.6 Å². The lowest BCUT2D eigenvalue weighted by molar-refractivity contribution is -0.141. The van der Waals surface area contributed by atoms with Crippen LogP contribution in [0.25, 0.3) is 17.1 Å². The third-order valence-electron chi connectivity index (χ3n) is 4.10. The standard InChI is InChI=1S/C21H22N2O4/c1-3-27-21(25)19(24)13-20-22-17-12-16(11-15-7-5-4-6-8-15)9-10-18(17)23(20)14-26-2/h4-10,12-13,24H,3,11,14H2,1-2H3/b19-13-. The van der Waals surface area contributed by atoms with Crippen LogP contribution in [0, 0.1) is 0 Å². The van der Waals surface area contributed by atoms with E-state index in [1.165, 1.54) is 11.6 Å². The van der Waals surface area contributed by atoms with Crippen LogP contribution in [0.2, 0.25) is 0 Å². The predicted molar refractivity (Wildman–Crippen MR) is 103 cm³/mol. The molecule has 0 aliphatic rings. The molecule has 0 aliphatic carbocycles. The van der Waals surface area contributed by atoms with Gasteiger partial charge in [0.25, 0.3) is 0 Å². The number of hydrogen-bond donors (Lipinski definition) is 1. The molecule has 3 aromatic rings. The van der Waals surface area contributed by atoms with Crippen LogP contribution in [0.1, 0.15) is 23.9 Å². The van der Waals surface area contributed by atoms with Crippen LogP contribution in [-0.4, -0.2) is 34.3 Å². The van der Waals surface area contributed by atoms with E-state index in [-0.39, 0.29) is 13.3 Å². The van der Waals surface area contributed by atoms with Crippen LogP contribution in [0.4, 0.5) is 0 Å². The summed E-state index contributed by atoms with van der Waals surface area (Å²) in [5.41, 5.74) is 3.97. The number of benzene rings is 2. The second kappa shape index (κ2) is 8.51. The van der Waals surface area contributed by atoms with Gasteiger partial charge >= 0.3 is 5.97 Å². The molecule has 0 saturated heterocycles. The molecule has 6 nitrogen and oxygen atoms in total. The Morgan fingerprint density at radius 1 is 1.19 bits per heavy atom. The number of esters is 1. The van der Waals surface area contributed by atoms with Gasteiger partial charge in [-0.1, -0.05) is 36.4 Å². The Hall–Kier alpha value is -3.12. The van der Waals surface area contributed by atoms with Crippen molar-refractivity contribution in [3.8, 4) is 0 Å². The highest BCUT2D eigenvalue weighted by atomic mass is 16.5. The number of fused-ring (bicyclic) bond motifs is 1. The van der Waals surface area contributed by atoms with Gasteiger partial charge in [-0.3, -0.25) is 0 Å². The molecule has 0 radical (unpaired) electrons. The number of carbonyl (C=O) groups excluding carboxylic acids is 1. The zero-order valence-electron chi connectivity index (χ0n) is 15.4. The average molecular weight is 366 g/mol. The maximum atomic E-state index is 11.7. The van der Waals surface area contributed by atoms with E-state index in [0.29, 0.717) is 5.82 Å². The van der Waals surface area contributed by atoms with Crippen LogP contribution in [0.5, 0.6) is 0 Å². The number of nitrogens with zero attached hydrogens (tertiary/aromatic N) is 2. The summed E-state index contributed by atoms with van der Waals surface area (Å²) >= 11 is 0. The predicted octanol–water partition coefficient (Wildman–Crippen LogP) is 3.69. The van der Waals surface area contributed by atoms with Gasteiger partial charge in [-0.15, -0.1) is 0 Å². The fourth-order valence-electron chi connectivity index (χ4n) is 2.90. The number of methoxy groups -OCH3 is 1. The number of carbonyl (C=O) groups is 1. The Bertz CT molecular complexity index is 961. The highest BCUT2D eigenvalue weighted by Gasteiger charge is 2.14. The van der Waals surface area contributed by atoms with E-state index in [9.17, 15) is 9.90 Å². The molecule has 0 saturated carbocycles. The van der Waals surface area contributed by atoms with Crippen LogP contribution in [-0.2, 0) is 27.4 Å². The van der Waals surface area contributed by atoms with Crippen molar-refractivity contribution >= 4 is 23.1 Å². The van der Waals surface area contributed by atoms with Gasteiger partial charge in [-0.25, -0.2) is 9.78 Å². The molecule has 2 aromatic carbocycles. The van der Waals surface area contributed by atoms with Crippen molar-refractivity contribution in [1.82, 2.24) is 9.55 Å². The molecule has 0 unspecified atom stereocenters. The van der Waals surface area contributed by atoms with Gasteiger partial charge in [0.05, 0.1) is 17.6 Å². The summed E-state index contributed by atoms with van der Waals surface area (Å²) in [5.74, 6) is -0.846. The maximum absolute atomic E-state index is 11.7. The lowest BCUT2D eigenvalue weighted by Crippen LogP contribution is -2.08. The lowest BCUT2D eigenvalue weighted by atomic mass is 10.0. The molecule has 0 fully saturated rings. The summed E-state index contributed by atoms with van der Waals surface area (Å²) in [6.07, 6.45) is 2.10. The topological polar surface area (TPSA) is 73.6 Å². The molecule has 0 bridgehead atoms. The Balaban J connectivity index is 1.97. The molecular formula is C21H22N2O4. The highest BCUT2D eigenvalue weighted by Crippen LogP contribution is 2.21. The molecule has 3 rings (SSSR count). The minimum Gasteiger partial charge on any atom is -0.502 e. The van der Waals surface area contributed by atoms with Gasteiger partial charge in [-0.2, -0.15) is 0 Å². The van der Waals surface area contributed by atoms with Crippen molar-refractivity contribution in [1.29, 1.82) is 0 Å². The average Bonchev–Trinajstić information content (AvgIpc) is 2.99. The molecule has 1 N–H and O–H groups in total. The zero-order valence-corrected chi connectivity index (χ0v) is 15.4. The van der Waals surface area contributed by atoms with Crippen molar-refractivity contribution < 1.29 is 19.4 Å². The van der Waals surface area contributed by atoms with Crippen molar-refractivity contribution in [2.24, 2.45) is 0 Å². The summed E-state index contributed by atoms with van der Waals surface area (Å²) in [6, 6.07) is 16.2. The fraction of sp³-hybridized carbons (Fsp3) is 0.238. The van der Waals surface area contributed by atoms with Gasteiger partial charge in [0.15, 0.2) is 0 Å². The fourth-order valence-corrected chi connectivity index (χ4v) is 2.90. The number of aliphatic hydroxyl groups is 1. The SMILES string of the molecule is CCOC(=O)/C(O)=C/c1nc2cc(Cc3ccccc3)ccc2n1COC. The third kappa shape index (κ3) is 4.35. The number of aliphatic hydroxyl groups excluding tert-OH is 1. The number of rotatable bonds is 7. The molecule has 1 aromatic heterocycles. The monoisotopic (exact) mass is 366 g/mol. The third-order valence-corrected chi connectivity index (χ3v) is 4.10. The van der Waals surface area contributed by atoms with Gasteiger partial charge in [0.2, 0.25) is 5.76 Å². The van der Waals surface area contributed by atoms with Gasteiger partial charge < -0.3 is 19.1 Å². The van der Waals surface area contributed by atoms with Crippen LogP contribution < -0.4 is 0 Å². The first-order valence-electron chi connectivity index (χ1n) is 8.72. The summed E-state index contributed by atoms with van der Waals surface area (Å²) in [5, 5.41) is 9.96. The van der Waals surface area contributed by atoms with Crippen molar-refractivity contribution in [3.63, 3.8) is 0 Å². The number of ether oxygens (including phenoxy) is 2. The number of hydrogen-bond acceptors (Lipinski definition) is 5. The van der Waals surface area contributed by atoms with Crippen LogP contribution in [0.15, 0.2) is 54.3 Å². The second-order valence-electron chi connectivity index (χ2n) is 6.05. The molecule has 0 amide bonds. The number of imidazole rings is 1. The smallest absolute Gasteiger partial charge is 0.373 e. The van der Waals surface area contributed by atoms with Gasteiger partial charge in [-0.05, 0) is 36.6 Å². The molecule has 0 aliphatic heterocycles. The first kappa shape index (κ1) is 18.7. The number of aromatic nitrogens is 2. The quantitative estimate of drug-likeness (QED) is 0.392. The van der Waals surface area contributed by atoms with Crippen LogP contribution >= 0.6 is 0 Å². The van der Waals surface area contributed by atoms with Crippen molar-refractivity contribution in [3.05, 3.63) is 71.2 Å². The minimum atomic E-state index is -0.779. The Morgan fingerprint density at radius 2 is 1.96 bits per heavy atom. The Labute approximate surface area is 157 Å². The first-order valence-corrected chi connectivity index (χ1v) is 8.72. The molecule has 0 atom stereocenters. The van der Waals surface area contributed by atoms with E-state index >= 15 is 0 Å². The lowest BCUT2D eigenvalue weighted by Gasteiger charge is -2.06. The van der Waals surface area contributed by atoms with E-state index in [2.05, 4.69) is 17.1 Å². The van der Waals surface area contributed by atoms with Crippen molar-refractivity contribution in [2.75, 3.05) is 13.7 Å².